The van der Waals surface area contributed by atoms with Crippen LogP contribution in [-0.2, 0) is 4.79 Å². The predicted molar refractivity (Wildman–Crippen MR) is 84.4 cm³/mol. The van der Waals surface area contributed by atoms with Gasteiger partial charge in [-0.15, -0.1) is 0 Å². The minimum Gasteiger partial charge on any atom is -0.337 e. The Balaban J connectivity index is 1.80. The smallest absolute Gasteiger partial charge is 0.254 e. The molecule has 0 saturated carbocycles. The van der Waals surface area contributed by atoms with Crippen molar-refractivity contribution in [2.24, 2.45) is 10.8 Å². The van der Waals surface area contributed by atoms with E-state index in [0.717, 1.165) is 5.69 Å². The van der Waals surface area contributed by atoms with Crippen molar-refractivity contribution in [1.29, 1.82) is 5.26 Å². The number of carbonyl (C=O) groups excluding carboxylic acids is 2. The molecule has 5 heteroatoms. The highest BCUT2D eigenvalue weighted by Gasteiger charge is 2.52. The molecule has 0 aromatic carbocycles. The van der Waals surface area contributed by atoms with E-state index in [2.05, 4.69) is 4.98 Å². The van der Waals surface area contributed by atoms with Gasteiger partial charge in [0.2, 0.25) is 0 Å². The van der Waals surface area contributed by atoms with Crippen molar-refractivity contribution in [3.63, 3.8) is 0 Å². The van der Waals surface area contributed by atoms with Crippen LogP contribution in [0.4, 0.5) is 0 Å². The lowest BCUT2D eigenvalue weighted by Crippen LogP contribution is -2.60. The first-order chi connectivity index (χ1) is 10.8. The van der Waals surface area contributed by atoms with Gasteiger partial charge >= 0.3 is 0 Å². The second kappa shape index (κ2) is 5.02. The summed E-state index contributed by atoms with van der Waals surface area (Å²) in [4.78, 5) is 30.6. The Morgan fingerprint density at radius 1 is 1.39 bits per heavy atom. The molecule has 0 bridgehead atoms. The average molecular weight is 309 g/mol. The van der Waals surface area contributed by atoms with Crippen molar-refractivity contribution >= 4 is 11.7 Å². The zero-order valence-electron chi connectivity index (χ0n) is 13.6. The highest BCUT2D eigenvalue weighted by atomic mass is 16.2. The lowest BCUT2D eigenvalue weighted by molar-refractivity contribution is -0.127. The summed E-state index contributed by atoms with van der Waals surface area (Å²) < 4.78 is 0. The van der Waals surface area contributed by atoms with E-state index >= 15 is 0 Å². The summed E-state index contributed by atoms with van der Waals surface area (Å²) in [5, 5.41) is 9.20. The Kier molecular flexibility index (Phi) is 3.36. The Labute approximate surface area is 135 Å². The van der Waals surface area contributed by atoms with E-state index in [1.165, 1.54) is 0 Å². The molecule has 1 saturated heterocycles. The van der Waals surface area contributed by atoms with E-state index in [1.54, 1.807) is 29.3 Å². The molecule has 23 heavy (non-hydrogen) atoms. The number of carbonyl (C=O) groups is 2. The quantitative estimate of drug-likeness (QED) is 0.797. The molecule has 0 atom stereocenters. The third-order valence-corrected chi connectivity index (χ3v) is 4.67. The van der Waals surface area contributed by atoms with Crippen LogP contribution in [0.5, 0.6) is 0 Å². The van der Waals surface area contributed by atoms with Crippen LogP contribution in [-0.4, -0.2) is 34.7 Å². The average Bonchev–Trinajstić information content (AvgIpc) is 2.46. The molecule has 1 aromatic rings. The number of ketones is 1. The number of aryl methyl sites for hydroxylation is 1. The minimum absolute atomic E-state index is 0.0252. The van der Waals surface area contributed by atoms with E-state index in [0.29, 0.717) is 25.1 Å². The van der Waals surface area contributed by atoms with Gasteiger partial charge in [0.1, 0.15) is 6.07 Å². The van der Waals surface area contributed by atoms with Gasteiger partial charge in [0.25, 0.3) is 5.91 Å². The Morgan fingerprint density at radius 2 is 2.09 bits per heavy atom. The Bertz CT molecular complexity index is 765. The number of amides is 1. The third-order valence-electron chi connectivity index (χ3n) is 4.67. The summed E-state index contributed by atoms with van der Waals surface area (Å²) in [7, 11) is 0. The van der Waals surface area contributed by atoms with Crippen LogP contribution in [0.25, 0.3) is 0 Å². The van der Waals surface area contributed by atoms with Gasteiger partial charge in [0, 0.05) is 41.4 Å². The SMILES string of the molecule is Cc1cc(C(=O)N2CC3(C=C(C#N)C(=O)C(C)(C)C3)C2)ccn1. The predicted octanol–water partition coefficient (Wildman–Crippen LogP) is 2.28. The molecule has 5 nitrogen and oxygen atoms in total. The topological polar surface area (TPSA) is 74.1 Å². The summed E-state index contributed by atoms with van der Waals surface area (Å²) in [5.41, 5.74) is 0.862. The van der Waals surface area contributed by atoms with Gasteiger partial charge in [0.05, 0.1) is 5.57 Å². The molecule has 1 amide bonds. The summed E-state index contributed by atoms with van der Waals surface area (Å²) in [6.07, 6.45) is 4.08. The lowest BCUT2D eigenvalue weighted by Gasteiger charge is -2.53. The largest absolute Gasteiger partial charge is 0.337 e. The number of pyridine rings is 1. The monoisotopic (exact) mass is 309 g/mol. The van der Waals surface area contributed by atoms with Gasteiger partial charge in [-0.2, -0.15) is 5.26 Å². The van der Waals surface area contributed by atoms with Gasteiger partial charge in [-0.3, -0.25) is 14.6 Å². The second-order valence-electron chi connectivity index (χ2n) is 7.27. The molecule has 1 aromatic heterocycles. The van der Waals surface area contributed by atoms with Crippen LogP contribution < -0.4 is 0 Å². The normalized spacial score (nSPS) is 21.4. The zero-order chi connectivity index (χ0) is 16.8. The van der Waals surface area contributed by atoms with Crippen molar-refractivity contribution in [1.82, 2.24) is 9.88 Å². The number of hydrogen-bond acceptors (Lipinski definition) is 4. The van der Waals surface area contributed by atoms with Crippen LogP contribution in [0.1, 0.15) is 36.3 Å². The summed E-state index contributed by atoms with van der Waals surface area (Å²) in [6.45, 7) is 6.70. The molecule has 3 rings (SSSR count). The van der Waals surface area contributed by atoms with Crippen molar-refractivity contribution in [3.8, 4) is 6.07 Å². The number of nitrogens with zero attached hydrogens (tertiary/aromatic N) is 3. The number of likely N-dealkylation sites (tertiary alicyclic amines) is 1. The van der Waals surface area contributed by atoms with Crippen molar-refractivity contribution in [2.45, 2.75) is 27.2 Å². The summed E-state index contributed by atoms with van der Waals surface area (Å²) >= 11 is 0. The molecule has 2 heterocycles. The molecule has 0 unspecified atom stereocenters. The van der Waals surface area contributed by atoms with Crippen molar-refractivity contribution < 1.29 is 9.59 Å². The molecule has 118 valence electrons. The highest BCUT2D eigenvalue weighted by molar-refractivity contribution is 6.04. The Hall–Kier alpha value is -2.48. The fraction of sp³-hybridized carbons (Fsp3) is 0.444. The molecule has 1 aliphatic carbocycles. The Morgan fingerprint density at radius 3 is 2.70 bits per heavy atom. The maximum atomic E-state index is 12.5. The third kappa shape index (κ3) is 2.55. The van der Waals surface area contributed by atoms with Crippen molar-refractivity contribution in [2.75, 3.05) is 13.1 Å². The number of aromatic nitrogens is 1. The van der Waals surface area contributed by atoms with E-state index in [4.69, 9.17) is 0 Å². The standard InChI is InChI=1S/C18H19N3O2/c1-12-6-13(4-5-20-12)16(23)21-10-18(11-21)7-14(8-19)15(22)17(2,3)9-18/h4-7H,9-11H2,1-3H3. The van der Waals surface area contributed by atoms with Gasteiger partial charge < -0.3 is 4.90 Å². The van der Waals surface area contributed by atoms with E-state index < -0.39 is 5.41 Å². The first-order valence-corrected chi connectivity index (χ1v) is 7.66. The summed E-state index contributed by atoms with van der Waals surface area (Å²) in [6, 6.07) is 5.51. The van der Waals surface area contributed by atoms with Gasteiger partial charge in [-0.05, 0) is 25.5 Å². The molecule has 2 aliphatic rings. The zero-order valence-corrected chi connectivity index (χ0v) is 13.6. The van der Waals surface area contributed by atoms with Gasteiger partial charge in [-0.1, -0.05) is 19.9 Å². The van der Waals surface area contributed by atoms with Crippen LogP contribution >= 0.6 is 0 Å². The number of rotatable bonds is 1. The first kappa shape index (κ1) is 15.4. The summed E-state index contributed by atoms with van der Waals surface area (Å²) in [5.74, 6) is -0.122. The van der Waals surface area contributed by atoms with Crippen LogP contribution in [0.3, 0.4) is 0 Å². The number of Topliss-reactive ketones (excluding diaryl/α,β-unsaturated/α-hetero) is 1. The molecular formula is C18H19N3O2. The van der Waals surface area contributed by atoms with E-state index in [9.17, 15) is 14.9 Å². The van der Waals surface area contributed by atoms with Gasteiger partial charge in [0.15, 0.2) is 5.78 Å². The highest BCUT2D eigenvalue weighted by Crippen LogP contribution is 2.48. The van der Waals surface area contributed by atoms with Crippen LogP contribution in [0.15, 0.2) is 30.0 Å². The van der Waals surface area contributed by atoms with Crippen LogP contribution in [0, 0.1) is 29.1 Å². The van der Waals surface area contributed by atoms with Crippen LogP contribution in [0.2, 0.25) is 0 Å². The molecule has 1 aliphatic heterocycles. The number of nitriles is 1. The van der Waals surface area contributed by atoms with Gasteiger partial charge in [-0.25, -0.2) is 0 Å². The van der Waals surface area contributed by atoms with E-state index in [1.807, 2.05) is 26.8 Å². The maximum Gasteiger partial charge on any atom is 0.254 e. The van der Waals surface area contributed by atoms with Crippen molar-refractivity contribution in [3.05, 3.63) is 41.2 Å². The maximum absolute atomic E-state index is 12.5. The minimum atomic E-state index is -0.553. The fourth-order valence-electron chi connectivity index (χ4n) is 3.75. The molecule has 1 spiro atoms. The first-order valence-electron chi connectivity index (χ1n) is 7.66. The molecular weight excluding hydrogens is 290 g/mol. The fourth-order valence-corrected chi connectivity index (χ4v) is 3.75. The molecule has 0 radical (unpaired) electrons. The molecule has 1 fully saturated rings. The lowest BCUT2D eigenvalue weighted by atomic mass is 9.61. The number of allylic oxidation sites excluding steroid dienone is 1. The molecule has 0 N–H and O–H groups in total. The van der Waals surface area contributed by atoms with E-state index in [-0.39, 0.29) is 22.7 Å². The number of hydrogen-bond donors (Lipinski definition) is 0. The second-order valence-corrected chi connectivity index (χ2v) is 7.27.